The summed E-state index contributed by atoms with van der Waals surface area (Å²) in [4.78, 5) is 0.333. The molecule has 0 radical (unpaired) electrons. The summed E-state index contributed by atoms with van der Waals surface area (Å²) >= 11 is 0. The van der Waals surface area contributed by atoms with E-state index >= 15 is 0 Å². The summed E-state index contributed by atoms with van der Waals surface area (Å²) in [5.74, 6) is 0.970. The Kier molecular flexibility index (Phi) is 22.6. The van der Waals surface area contributed by atoms with E-state index in [1.807, 2.05) is 48.6 Å². The topological polar surface area (TPSA) is 63.6 Å². The van der Waals surface area contributed by atoms with Crippen molar-refractivity contribution in [3.05, 3.63) is 59.7 Å². The molecule has 0 aliphatic rings. The molecule has 0 bridgehead atoms. The SMILES string of the molecule is CCCCCCCCCCCCCCCCCCCCCCOc1ccc(C=Cc2ccc(S(=O)(=O)CCCCO)cc2)cc1. The second-order valence-corrected chi connectivity index (χ2v) is 14.9. The number of sulfone groups is 1. The second kappa shape index (κ2) is 26.0. The minimum absolute atomic E-state index is 0.0198. The molecule has 0 aliphatic carbocycles. The number of ether oxygens (including phenoxy) is 1. The zero-order valence-corrected chi connectivity index (χ0v) is 29.3. The maximum Gasteiger partial charge on any atom is 0.178 e. The van der Waals surface area contributed by atoms with Gasteiger partial charge in [0.05, 0.1) is 17.3 Å². The van der Waals surface area contributed by atoms with Crippen LogP contribution in [-0.2, 0) is 9.84 Å². The van der Waals surface area contributed by atoms with E-state index in [1.54, 1.807) is 12.1 Å². The third-order valence-electron chi connectivity index (χ3n) is 8.68. The van der Waals surface area contributed by atoms with Crippen molar-refractivity contribution in [2.45, 2.75) is 153 Å². The van der Waals surface area contributed by atoms with Crippen molar-refractivity contribution < 1.29 is 18.3 Å². The molecule has 0 saturated carbocycles. The molecule has 254 valence electrons. The molecular formula is C40H64O4S. The Bertz CT molecular complexity index is 1090. The average Bonchev–Trinajstić information content (AvgIpc) is 3.05. The van der Waals surface area contributed by atoms with Crippen LogP contribution in [0, 0.1) is 0 Å². The van der Waals surface area contributed by atoms with Crippen LogP contribution in [0.4, 0.5) is 0 Å². The molecule has 0 aliphatic heterocycles. The van der Waals surface area contributed by atoms with E-state index in [9.17, 15) is 8.42 Å². The smallest absolute Gasteiger partial charge is 0.178 e. The lowest BCUT2D eigenvalue weighted by atomic mass is 10.0. The molecule has 0 amide bonds. The van der Waals surface area contributed by atoms with Crippen molar-refractivity contribution in [1.29, 1.82) is 0 Å². The normalized spacial score (nSPS) is 11.9. The van der Waals surface area contributed by atoms with Gasteiger partial charge < -0.3 is 9.84 Å². The summed E-state index contributed by atoms with van der Waals surface area (Å²) in [7, 11) is -3.30. The van der Waals surface area contributed by atoms with Crippen molar-refractivity contribution in [3.63, 3.8) is 0 Å². The maximum atomic E-state index is 12.4. The van der Waals surface area contributed by atoms with Crippen LogP contribution >= 0.6 is 0 Å². The summed E-state index contributed by atoms with van der Waals surface area (Å²) in [6, 6.07) is 15.1. The number of aliphatic hydroxyl groups excluding tert-OH is 1. The Morgan fingerprint density at radius 2 is 0.933 bits per heavy atom. The first-order valence-electron chi connectivity index (χ1n) is 18.4. The summed E-state index contributed by atoms with van der Waals surface area (Å²) < 4.78 is 30.7. The first kappa shape index (κ1) is 39.1. The molecular weight excluding hydrogens is 577 g/mol. The van der Waals surface area contributed by atoms with Crippen molar-refractivity contribution >= 4 is 22.0 Å². The largest absolute Gasteiger partial charge is 0.494 e. The van der Waals surface area contributed by atoms with Crippen molar-refractivity contribution in [2.75, 3.05) is 19.0 Å². The Hall–Kier alpha value is -2.11. The number of hydrogen-bond donors (Lipinski definition) is 1. The first-order valence-corrected chi connectivity index (χ1v) is 20.0. The monoisotopic (exact) mass is 640 g/mol. The third-order valence-corrected chi connectivity index (χ3v) is 10.5. The predicted octanol–water partition coefficient (Wildman–Crippen LogP) is 11.6. The van der Waals surface area contributed by atoms with Gasteiger partial charge in [-0.05, 0) is 54.7 Å². The molecule has 0 aromatic heterocycles. The molecule has 0 heterocycles. The van der Waals surface area contributed by atoms with Gasteiger partial charge in [0, 0.05) is 6.61 Å². The van der Waals surface area contributed by atoms with Gasteiger partial charge in [-0.3, -0.25) is 0 Å². The molecule has 2 rings (SSSR count). The number of aliphatic hydroxyl groups is 1. The minimum Gasteiger partial charge on any atom is -0.494 e. The van der Waals surface area contributed by atoms with E-state index < -0.39 is 9.84 Å². The zero-order valence-electron chi connectivity index (χ0n) is 28.5. The highest BCUT2D eigenvalue weighted by atomic mass is 32.2. The van der Waals surface area contributed by atoms with Crippen LogP contribution in [0.15, 0.2) is 53.4 Å². The van der Waals surface area contributed by atoms with Gasteiger partial charge in [0.15, 0.2) is 9.84 Å². The van der Waals surface area contributed by atoms with Gasteiger partial charge in [-0.1, -0.05) is 165 Å². The fraction of sp³-hybridized carbons (Fsp3) is 0.650. The van der Waals surface area contributed by atoms with Crippen molar-refractivity contribution in [3.8, 4) is 5.75 Å². The van der Waals surface area contributed by atoms with E-state index in [1.165, 1.54) is 122 Å². The van der Waals surface area contributed by atoms with Gasteiger partial charge in [-0.15, -0.1) is 0 Å². The Morgan fingerprint density at radius 1 is 0.533 bits per heavy atom. The lowest BCUT2D eigenvalue weighted by Gasteiger charge is -2.07. The highest BCUT2D eigenvalue weighted by molar-refractivity contribution is 7.91. The lowest BCUT2D eigenvalue weighted by Crippen LogP contribution is -2.07. The molecule has 0 spiro atoms. The van der Waals surface area contributed by atoms with E-state index in [2.05, 4.69) is 6.92 Å². The van der Waals surface area contributed by atoms with Crippen LogP contribution in [0.25, 0.3) is 12.2 Å². The third kappa shape index (κ3) is 19.9. The summed E-state index contributed by atoms with van der Waals surface area (Å²) in [5, 5.41) is 8.87. The van der Waals surface area contributed by atoms with Gasteiger partial charge in [0.1, 0.15) is 5.75 Å². The molecule has 45 heavy (non-hydrogen) atoms. The van der Waals surface area contributed by atoms with E-state index in [0.29, 0.717) is 17.7 Å². The standard InChI is InChI=1S/C40H64O4S/c1-2-3-4-5-6-7-8-9-10-11-12-13-14-15-16-17-18-19-20-22-35-44-39-30-26-37(27-31-39)24-25-38-28-32-40(33-29-38)45(42,43)36-23-21-34-41/h24-33,41H,2-23,34-36H2,1H3. The molecule has 0 fully saturated rings. The molecule has 4 nitrogen and oxygen atoms in total. The van der Waals surface area contributed by atoms with Gasteiger partial charge in [0.25, 0.3) is 0 Å². The van der Waals surface area contributed by atoms with Gasteiger partial charge in [0.2, 0.25) is 0 Å². The maximum absolute atomic E-state index is 12.4. The molecule has 2 aromatic rings. The van der Waals surface area contributed by atoms with Crippen molar-refractivity contribution in [2.24, 2.45) is 0 Å². The van der Waals surface area contributed by atoms with Gasteiger partial charge in [-0.25, -0.2) is 8.42 Å². The zero-order chi connectivity index (χ0) is 32.3. The van der Waals surface area contributed by atoms with E-state index in [0.717, 1.165) is 29.9 Å². The Labute approximate surface area is 277 Å². The fourth-order valence-electron chi connectivity index (χ4n) is 5.72. The number of benzene rings is 2. The molecule has 1 N–H and O–H groups in total. The predicted molar refractivity (Wildman–Crippen MR) is 194 cm³/mol. The lowest BCUT2D eigenvalue weighted by molar-refractivity contribution is 0.287. The second-order valence-electron chi connectivity index (χ2n) is 12.8. The fourth-order valence-corrected chi connectivity index (χ4v) is 7.09. The van der Waals surface area contributed by atoms with Gasteiger partial charge >= 0.3 is 0 Å². The Balaban J connectivity index is 1.42. The molecule has 0 saturated heterocycles. The highest BCUT2D eigenvalue weighted by Gasteiger charge is 2.13. The van der Waals surface area contributed by atoms with E-state index in [4.69, 9.17) is 9.84 Å². The van der Waals surface area contributed by atoms with Crippen LogP contribution < -0.4 is 4.74 Å². The number of rotatable bonds is 29. The quantitative estimate of drug-likeness (QED) is 0.0710. The number of unbranched alkanes of at least 4 members (excludes halogenated alkanes) is 20. The van der Waals surface area contributed by atoms with Crippen molar-refractivity contribution in [1.82, 2.24) is 0 Å². The summed E-state index contributed by atoms with van der Waals surface area (Å²) in [6.07, 6.45) is 32.8. The van der Waals surface area contributed by atoms with Crippen LogP contribution in [-0.4, -0.2) is 32.5 Å². The van der Waals surface area contributed by atoms with Gasteiger partial charge in [-0.2, -0.15) is 0 Å². The minimum atomic E-state index is -3.30. The van der Waals surface area contributed by atoms with Crippen LogP contribution in [0.5, 0.6) is 5.75 Å². The molecule has 0 unspecified atom stereocenters. The molecule has 5 heteroatoms. The van der Waals surface area contributed by atoms with Crippen LogP contribution in [0.3, 0.4) is 0 Å². The molecule has 0 atom stereocenters. The first-order chi connectivity index (χ1) is 22.0. The summed E-state index contributed by atoms with van der Waals surface area (Å²) in [5.41, 5.74) is 2.02. The average molecular weight is 641 g/mol. The summed E-state index contributed by atoms with van der Waals surface area (Å²) in [6.45, 7) is 3.08. The number of hydrogen-bond acceptors (Lipinski definition) is 4. The van der Waals surface area contributed by atoms with E-state index in [-0.39, 0.29) is 12.4 Å². The molecule has 2 aromatic carbocycles. The van der Waals surface area contributed by atoms with Crippen LogP contribution in [0.1, 0.15) is 159 Å². The highest BCUT2D eigenvalue weighted by Crippen LogP contribution is 2.19. The van der Waals surface area contributed by atoms with Crippen LogP contribution in [0.2, 0.25) is 0 Å². The Morgan fingerprint density at radius 3 is 1.36 bits per heavy atom.